The Morgan fingerprint density at radius 1 is 1.03 bits per heavy atom. The molecule has 0 aliphatic carbocycles. The minimum absolute atomic E-state index is 0.618. The lowest BCUT2D eigenvalue weighted by atomic mass is 10.2. The lowest BCUT2D eigenvalue weighted by Gasteiger charge is -2.03. The molecular weight excluding hydrogens is 372 g/mol. The van der Waals surface area contributed by atoms with E-state index in [1.165, 1.54) is 16.2 Å². The predicted molar refractivity (Wildman–Crippen MR) is 124 cm³/mol. The Morgan fingerprint density at radius 3 is 2.53 bits per heavy atom. The van der Waals surface area contributed by atoms with Crippen molar-refractivity contribution in [2.45, 2.75) is 20.8 Å². The number of benzene rings is 1. The topological polar surface area (TPSA) is 59.8 Å². The fourth-order valence-electron chi connectivity index (χ4n) is 3.87. The van der Waals surface area contributed by atoms with Gasteiger partial charge in [-0.25, -0.2) is 0 Å². The van der Waals surface area contributed by atoms with Gasteiger partial charge in [-0.1, -0.05) is 24.3 Å². The number of nitrogens with zero attached hydrogens (tertiary/aromatic N) is 1. The van der Waals surface area contributed by atoms with Crippen LogP contribution in [0.2, 0.25) is 0 Å². The number of H-pyrrole nitrogens is 3. The van der Waals surface area contributed by atoms with Crippen molar-refractivity contribution in [2.75, 3.05) is 27.2 Å². The number of para-hydroxylation sites is 1. The quantitative estimate of drug-likeness (QED) is 0.480. The van der Waals surface area contributed by atoms with Gasteiger partial charge in [-0.15, -0.1) is 0 Å². The molecule has 0 aliphatic rings. The van der Waals surface area contributed by atoms with E-state index >= 15 is 0 Å². The highest BCUT2D eigenvalue weighted by atomic mass is 16.5. The SMILES string of the molecule is CCOc1c/c(=c2/[nH]c3ccccc3c2=CCN(C)C)[nH]c1=Cc1[nH]c(C)cc1C. The Labute approximate surface area is 176 Å². The van der Waals surface area contributed by atoms with Gasteiger partial charge in [0.2, 0.25) is 0 Å². The fourth-order valence-corrected chi connectivity index (χ4v) is 3.87. The Kier molecular flexibility index (Phi) is 5.55. The number of ether oxygens (including phenoxy) is 1. The highest BCUT2D eigenvalue weighted by Gasteiger charge is 2.06. The van der Waals surface area contributed by atoms with Crippen molar-refractivity contribution in [3.63, 3.8) is 0 Å². The number of fused-ring (bicyclic) bond motifs is 1. The van der Waals surface area contributed by atoms with Crippen molar-refractivity contribution in [2.24, 2.45) is 0 Å². The molecule has 0 fully saturated rings. The molecule has 0 atom stereocenters. The Hall–Kier alpha value is -3.18. The van der Waals surface area contributed by atoms with Crippen LogP contribution in [-0.2, 0) is 0 Å². The van der Waals surface area contributed by atoms with Crippen molar-refractivity contribution in [3.05, 3.63) is 74.6 Å². The van der Waals surface area contributed by atoms with Gasteiger partial charge < -0.3 is 24.6 Å². The van der Waals surface area contributed by atoms with E-state index in [-0.39, 0.29) is 0 Å². The summed E-state index contributed by atoms with van der Waals surface area (Å²) in [5.74, 6) is 0.858. The zero-order valence-electron chi connectivity index (χ0n) is 18.4. The number of aryl methyl sites for hydroxylation is 2. The van der Waals surface area contributed by atoms with Gasteiger partial charge >= 0.3 is 0 Å². The van der Waals surface area contributed by atoms with E-state index in [9.17, 15) is 0 Å². The molecule has 5 heteroatoms. The molecule has 156 valence electrons. The number of aromatic amines is 3. The molecule has 5 nitrogen and oxygen atoms in total. The van der Waals surface area contributed by atoms with Gasteiger partial charge in [-0.05, 0) is 58.6 Å². The third-order valence-corrected chi connectivity index (χ3v) is 5.26. The number of aromatic nitrogens is 3. The van der Waals surface area contributed by atoms with Crippen LogP contribution in [0.15, 0.2) is 36.4 Å². The maximum atomic E-state index is 5.96. The first-order valence-corrected chi connectivity index (χ1v) is 10.4. The van der Waals surface area contributed by atoms with E-state index < -0.39 is 0 Å². The third kappa shape index (κ3) is 3.94. The first-order chi connectivity index (χ1) is 14.5. The van der Waals surface area contributed by atoms with Gasteiger partial charge in [-0.2, -0.15) is 0 Å². The van der Waals surface area contributed by atoms with E-state index in [4.69, 9.17) is 4.74 Å². The van der Waals surface area contributed by atoms with Gasteiger partial charge in [-0.3, -0.25) is 0 Å². The first-order valence-electron chi connectivity index (χ1n) is 10.4. The first kappa shape index (κ1) is 20.1. The normalized spacial score (nSPS) is 14.3. The third-order valence-electron chi connectivity index (χ3n) is 5.26. The standard InChI is InChI=1S/C25H30N4O/c1-6-30-24-15-23(27-22(24)14-21-16(2)13-17(3)26-21)25-19(11-12-29(4)5)18-9-7-8-10-20(18)28-25/h7-11,13-15,26-28H,6,12H2,1-5H3/b19-11?,22-14?,25-23-. The summed E-state index contributed by atoms with van der Waals surface area (Å²) >= 11 is 0. The van der Waals surface area contributed by atoms with Crippen molar-refractivity contribution in [3.8, 4) is 5.75 Å². The summed E-state index contributed by atoms with van der Waals surface area (Å²) in [6.45, 7) is 7.69. The molecule has 0 saturated carbocycles. The monoisotopic (exact) mass is 402 g/mol. The summed E-state index contributed by atoms with van der Waals surface area (Å²) in [6.07, 6.45) is 4.40. The van der Waals surface area contributed by atoms with E-state index in [2.05, 4.69) is 96.3 Å². The predicted octanol–water partition coefficient (Wildman–Crippen LogP) is 3.30. The molecule has 3 heterocycles. The van der Waals surface area contributed by atoms with E-state index in [0.717, 1.165) is 45.2 Å². The number of rotatable bonds is 5. The number of hydrogen-bond acceptors (Lipinski definition) is 2. The molecule has 4 aromatic rings. The van der Waals surface area contributed by atoms with Crippen LogP contribution < -0.4 is 15.3 Å². The second-order valence-electron chi connectivity index (χ2n) is 8.01. The molecular formula is C25H30N4O. The molecule has 0 saturated heterocycles. The minimum Gasteiger partial charge on any atom is -0.492 e. The van der Waals surface area contributed by atoms with Crippen LogP contribution in [0.1, 0.15) is 23.9 Å². The molecule has 4 rings (SSSR count). The lowest BCUT2D eigenvalue weighted by Crippen LogP contribution is -2.14. The Bertz CT molecular complexity index is 1390. The van der Waals surface area contributed by atoms with Gasteiger partial charge in [0.15, 0.2) is 0 Å². The largest absolute Gasteiger partial charge is 0.492 e. The zero-order chi connectivity index (χ0) is 21.3. The maximum absolute atomic E-state index is 5.96. The van der Waals surface area contributed by atoms with Gasteiger partial charge in [0.1, 0.15) is 5.75 Å². The van der Waals surface area contributed by atoms with Crippen LogP contribution in [-0.4, -0.2) is 47.1 Å². The van der Waals surface area contributed by atoms with Crippen molar-refractivity contribution in [1.29, 1.82) is 0 Å². The summed E-state index contributed by atoms with van der Waals surface area (Å²) in [5.41, 5.74) is 4.60. The smallest absolute Gasteiger partial charge is 0.144 e. The Balaban J connectivity index is 2.05. The average molecular weight is 403 g/mol. The van der Waals surface area contributed by atoms with Crippen LogP contribution >= 0.6 is 0 Å². The van der Waals surface area contributed by atoms with E-state index in [0.29, 0.717) is 6.61 Å². The minimum atomic E-state index is 0.618. The van der Waals surface area contributed by atoms with Crippen LogP contribution in [0.4, 0.5) is 0 Å². The highest BCUT2D eigenvalue weighted by molar-refractivity contribution is 5.81. The van der Waals surface area contributed by atoms with Crippen LogP contribution in [0.3, 0.4) is 0 Å². The maximum Gasteiger partial charge on any atom is 0.144 e. The van der Waals surface area contributed by atoms with Crippen LogP contribution in [0.25, 0.3) is 23.1 Å². The molecule has 0 amide bonds. The van der Waals surface area contributed by atoms with Gasteiger partial charge in [0, 0.05) is 40.1 Å². The molecule has 0 unspecified atom stereocenters. The van der Waals surface area contributed by atoms with Crippen LogP contribution in [0, 0.1) is 24.5 Å². The molecule has 0 aliphatic heterocycles. The van der Waals surface area contributed by atoms with Gasteiger partial charge in [0.05, 0.1) is 22.7 Å². The summed E-state index contributed by atoms with van der Waals surface area (Å²) in [4.78, 5) is 12.8. The zero-order valence-corrected chi connectivity index (χ0v) is 18.4. The molecule has 0 bridgehead atoms. The summed E-state index contributed by atoms with van der Waals surface area (Å²) < 4.78 is 5.96. The van der Waals surface area contributed by atoms with Crippen molar-refractivity contribution in [1.82, 2.24) is 19.9 Å². The molecule has 3 aromatic heterocycles. The van der Waals surface area contributed by atoms with Crippen molar-refractivity contribution < 1.29 is 4.74 Å². The molecule has 1 aromatic carbocycles. The van der Waals surface area contributed by atoms with Gasteiger partial charge in [0.25, 0.3) is 0 Å². The lowest BCUT2D eigenvalue weighted by molar-refractivity contribution is 0.338. The number of hydrogen-bond donors (Lipinski definition) is 3. The summed E-state index contributed by atoms with van der Waals surface area (Å²) in [6, 6.07) is 12.7. The summed E-state index contributed by atoms with van der Waals surface area (Å²) in [7, 11) is 4.17. The van der Waals surface area contributed by atoms with E-state index in [1.54, 1.807) is 0 Å². The number of nitrogens with one attached hydrogen (secondary N) is 3. The Morgan fingerprint density at radius 2 is 1.83 bits per heavy atom. The summed E-state index contributed by atoms with van der Waals surface area (Å²) in [5, 5.41) is 5.50. The molecule has 3 N–H and O–H groups in total. The van der Waals surface area contributed by atoms with Crippen molar-refractivity contribution >= 4 is 23.1 Å². The molecule has 0 radical (unpaired) electrons. The highest BCUT2D eigenvalue weighted by Crippen LogP contribution is 2.12. The van der Waals surface area contributed by atoms with Crippen LogP contribution in [0.5, 0.6) is 5.75 Å². The second kappa shape index (κ2) is 8.28. The average Bonchev–Trinajstić information content (AvgIpc) is 3.36. The molecule has 30 heavy (non-hydrogen) atoms. The van der Waals surface area contributed by atoms with E-state index in [1.807, 2.05) is 6.92 Å². The second-order valence-corrected chi connectivity index (χ2v) is 8.01. The fraction of sp³-hybridized carbons (Fsp3) is 0.280. The molecule has 0 spiro atoms.